The second-order valence-electron chi connectivity index (χ2n) is 7.58. The van der Waals surface area contributed by atoms with Gasteiger partial charge in [-0.1, -0.05) is 66.7 Å². The molecule has 8 nitrogen and oxygen atoms in total. The van der Waals surface area contributed by atoms with Gasteiger partial charge in [0.05, 0.1) is 17.0 Å². The Balaban J connectivity index is 1.64. The van der Waals surface area contributed by atoms with Gasteiger partial charge in [0.15, 0.2) is 0 Å². The van der Waals surface area contributed by atoms with Gasteiger partial charge in [0.2, 0.25) is 5.95 Å². The lowest BCUT2D eigenvalue weighted by molar-refractivity contribution is -0.384. The van der Waals surface area contributed by atoms with Crippen molar-refractivity contribution in [2.45, 2.75) is 18.5 Å². The van der Waals surface area contributed by atoms with Crippen molar-refractivity contribution in [1.82, 2.24) is 14.8 Å². The van der Waals surface area contributed by atoms with Gasteiger partial charge in [0.1, 0.15) is 6.33 Å². The minimum atomic E-state index is -0.504. The molecule has 1 aliphatic heterocycles. The molecular weight excluding hydrogens is 406 g/mol. The molecule has 4 aromatic rings. The maximum absolute atomic E-state index is 13.7. The fourth-order valence-electron chi connectivity index (χ4n) is 4.23. The van der Waals surface area contributed by atoms with E-state index in [-0.39, 0.29) is 29.2 Å². The molecule has 0 saturated carbocycles. The predicted molar refractivity (Wildman–Crippen MR) is 118 cm³/mol. The van der Waals surface area contributed by atoms with Crippen LogP contribution < -0.4 is 4.90 Å². The minimum absolute atomic E-state index is 0.104. The lowest BCUT2D eigenvalue weighted by atomic mass is 9.91. The Kier molecular flexibility index (Phi) is 4.95. The zero-order valence-corrected chi connectivity index (χ0v) is 17.0. The molecule has 0 bridgehead atoms. The van der Waals surface area contributed by atoms with Crippen LogP contribution in [-0.2, 0) is 0 Å². The number of hydrogen-bond donors (Lipinski definition) is 0. The number of fused-ring (bicyclic) bond motifs is 1. The summed E-state index contributed by atoms with van der Waals surface area (Å²) in [6.07, 6.45) is 2.03. The second-order valence-corrected chi connectivity index (χ2v) is 7.58. The van der Waals surface area contributed by atoms with E-state index in [1.165, 1.54) is 24.5 Å². The van der Waals surface area contributed by atoms with Crippen molar-refractivity contribution >= 4 is 17.5 Å². The number of nitro groups is 1. The number of anilines is 1. The van der Waals surface area contributed by atoms with Gasteiger partial charge >= 0.3 is 0 Å². The number of rotatable bonds is 4. The van der Waals surface area contributed by atoms with Crippen LogP contribution in [0.15, 0.2) is 91.3 Å². The molecule has 0 N–H and O–H groups in total. The van der Waals surface area contributed by atoms with Gasteiger partial charge in [-0.25, -0.2) is 4.68 Å². The van der Waals surface area contributed by atoms with Gasteiger partial charge in [-0.2, -0.15) is 10.1 Å². The highest BCUT2D eigenvalue weighted by Gasteiger charge is 2.39. The Bertz CT molecular complexity index is 1270. The van der Waals surface area contributed by atoms with E-state index in [1.807, 2.05) is 60.7 Å². The average Bonchev–Trinajstić information content (AvgIpc) is 3.33. The topological polar surface area (TPSA) is 94.2 Å². The van der Waals surface area contributed by atoms with Crippen LogP contribution in [0, 0.1) is 10.1 Å². The monoisotopic (exact) mass is 425 g/mol. The first kappa shape index (κ1) is 19.6. The standard InChI is InChI=1S/C24H19N5O3/c30-23(19-12-7-13-20(14-19)29(31)32)27-21(17-8-3-1-4-9-17)15-22(18-10-5-2-6-11-18)28-24(27)25-16-26-28/h1-14,16,21-22H,15H2/t21-,22-/m1/s1. The van der Waals surface area contributed by atoms with Crippen molar-refractivity contribution in [3.8, 4) is 0 Å². The highest BCUT2D eigenvalue weighted by atomic mass is 16.6. The molecule has 1 aromatic heterocycles. The molecule has 0 unspecified atom stereocenters. The third-order valence-corrected chi connectivity index (χ3v) is 5.71. The molecule has 158 valence electrons. The number of hydrogen-bond acceptors (Lipinski definition) is 5. The maximum atomic E-state index is 13.7. The van der Waals surface area contributed by atoms with Crippen LogP contribution in [0.25, 0.3) is 0 Å². The highest BCUT2D eigenvalue weighted by Crippen LogP contribution is 2.42. The molecule has 0 fully saturated rings. The fraction of sp³-hybridized carbons (Fsp3) is 0.125. The van der Waals surface area contributed by atoms with E-state index in [1.54, 1.807) is 15.6 Å². The Morgan fingerprint density at radius 2 is 1.56 bits per heavy atom. The molecular formula is C24H19N5O3. The molecule has 5 rings (SSSR count). The normalized spacial score (nSPS) is 17.6. The number of nitro benzene ring substituents is 1. The number of nitrogens with zero attached hydrogens (tertiary/aromatic N) is 5. The summed E-state index contributed by atoms with van der Waals surface area (Å²) in [7, 11) is 0. The van der Waals surface area contributed by atoms with Gasteiger partial charge in [-0.3, -0.25) is 19.8 Å². The van der Waals surface area contributed by atoms with Crippen molar-refractivity contribution in [3.63, 3.8) is 0 Å². The lowest BCUT2D eigenvalue weighted by Crippen LogP contribution is -2.42. The van der Waals surface area contributed by atoms with Crippen LogP contribution in [0.5, 0.6) is 0 Å². The molecule has 0 radical (unpaired) electrons. The summed E-state index contributed by atoms with van der Waals surface area (Å²) in [6, 6.07) is 25.1. The molecule has 2 heterocycles. The van der Waals surface area contributed by atoms with E-state index >= 15 is 0 Å². The lowest BCUT2D eigenvalue weighted by Gasteiger charge is -2.39. The van der Waals surface area contributed by atoms with Crippen molar-refractivity contribution < 1.29 is 9.72 Å². The highest BCUT2D eigenvalue weighted by molar-refractivity contribution is 6.06. The quantitative estimate of drug-likeness (QED) is 0.353. The Morgan fingerprint density at radius 3 is 2.22 bits per heavy atom. The predicted octanol–water partition coefficient (Wildman–Crippen LogP) is 4.57. The van der Waals surface area contributed by atoms with Crippen LogP contribution in [-0.4, -0.2) is 25.6 Å². The maximum Gasteiger partial charge on any atom is 0.270 e. The molecule has 3 aromatic carbocycles. The van der Waals surface area contributed by atoms with Crippen molar-refractivity contribution in [1.29, 1.82) is 0 Å². The van der Waals surface area contributed by atoms with E-state index < -0.39 is 4.92 Å². The number of carbonyl (C=O) groups is 1. The van der Waals surface area contributed by atoms with Crippen LogP contribution >= 0.6 is 0 Å². The SMILES string of the molecule is O=C(c1cccc([N+](=O)[O-])c1)N1c2ncnn2[C@@H](c2ccccc2)C[C@@H]1c1ccccc1. The second kappa shape index (κ2) is 8.07. The van der Waals surface area contributed by atoms with E-state index in [4.69, 9.17) is 0 Å². The summed E-state index contributed by atoms with van der Waals surface area (Å²) < 4.78 is 1.75. The number of benzene rings is 3. The summed E-state index contributed by atoms with van der Waals surface area (Å²) in [5.41, 5.74) is 2.13. The van der Waals surface area contributed by atoms with Gasteiger partial charge in [-0.15, -0.1) is 0 Å². The molecule has 0 aliphatic carbocycles. The van der Waals surface area contributed by atoms with Crippen molar-refractivity contribution in [2.75, 3.05) is 4.90 Å². The summed E-state index contributed by atoms with van der Waals surface area (Å²) >= 11 is 0. The number of non-ortho nitro benzene ring substituents is 1. The zero-order valence-electron chi connectivity index (χ0n) is 17.0. The fourth-order valence-corrected chi connectivity index (χ4v) is 4.23. The van der Waals surface area contributed by atoms with E-state index in [2.05, 4.69) is 10.1 Å². The zero-order chi connectivity index (χ0) is 22.1. The number of aromatic nitrogens is 3. The van der Waals surface area contributed by atoms with Crippen LogP contribution in [0.4, 0.5) is 11.6 Å². The van der Waals surface area contributed by atoms with Gasteiger partial charge in [-0.05, 0) is 23.6 Å². The van der Waals surface area contributed by atoms with Crippen molar-refractivity contribution in [2.24, 2.45) is 0 Å². The first-order valence-electron chi connectivity index (χ1n) is 10.2. The molecule has 0 saturated heterocycles. The van der Waals surface area contributed by atoms with Crippen LogP contribution in [0.1, 0.15) is 40.0 Å². The Labute approximate surface area is 183 Å². The van der Waals surface area contributed by atoms with Crippen LogP contribution in [0.3, 0.4) is 0 Å². The largest absolute Gasteiger partial charge is 0.270 e. The third-order valence-electron chi connectivity index (χ3n) is 5.71. The van der Waals surface area contributed by atoms with Gasteiger partial charge in [0.25, 0.3) is 11.6 Å². The summed E-state index contributed by atoms with van der Waals surface area (Å²) in [5, 5.41) is 15.7. The number of carbonyl (C=O) groups excluding carboxylic acids is 1. The molecule has 1 amide bonds. The molecule has 1 aliphatic rings. The van der Waals surface area contributed by atoms with E-state index in [9.17, 15) is 14.9 Å². The first-order valence-corrected chi connectivity index (χ1v) is 10.2. The summed E-state index contributed by atoms with van der Waals surface area (Å²) in [4.78, 5) is 30.4. The molecule has 8 heteroatoms. The minimum Gasteiger partial charge on any atom is -0.269 e. The first-order chi connectivity index (χ1) is 15.6. The van der Waals surface area contributed by atoms with E-state index in [0.29, 0.717) is 12.4 Å². The smallest absolute Gasteiger partial charge is 0.269 e. The Morgan fingerprint density at radius 1 is 0.906 bits per heavy atom. The van der Waals surface area contributed by atoms with Gasteiger partial charge < -0.3 is 0 Å². The molecule has 0 spiro atoms. The Hall–Kier alpha value is -4.33. The van der Waals surface area contributed by atoms with Gasteiger partial charge in [0, 0.05) is 17.7 Å². The van der Waals surface area contributed by atoms with Crippen LogP contribution in [0.2, 0.25) is 0 Å². The number of amides is 1. The molecule has 32 heavy (non-hydrogen) atoms. The van der Waals surface area contributed by atoms with Crippen molar-refractivity contribution in [3.05, 3.63) is 118 Å². The molecule has 2 atom stereocenters. The average molecular weight is 425 g/mol. The van der Waals surface area contributed by atoms with E-state index in [0.717, 1.165) is 11.1 Å². The summed E-state index contributed by atoms with van der Waals surface area (Å²) in [6.45, 7) is 0. The summed E-state index contributed by atoms with van der Waals surface area (Å²) in [5.74, 6) is 0.0544. The third kappa shape index (κ3) is 3.41.